The molecule has 0 saturated carbocycles. The molecular formula is C15H23ClN4O3S. The van der Waals surface area contributed by atoms with E-state index in [1.54, 1.807) is 4.90 Å². The summed E-state index contributed by atoms with van der Waals surface area (Å²) in [5, 5.41) is 3.73. The molecule has 24 heavy (non-hydrogen) atoms. The van der Waals surface area contributed by atoms with Crippen molar-refractivity contribution in [2.45, 2.75) is 51.1 Å². The fraction of sp³-hybridized carbons (Fsp3) is 0.733. The molecular weight excluding hydrogens is 352 g/mol. The maximum absolute atomic E-state index is 13.0. The number of aromatic nitrogens is 2. The van der Waals surface area contributed by atoms with Gasteiger partial charge in [-0.05, 0) is 25.2 Å². The van der Waals surface area contributed by atoms with Gasteiger partial charge in [-0.3, -0.25) is 4.79 Å². The number of rotatable bonds is 7. The van der Waals surface area contributed by atoms with Crippen molar-refractivity contribution in [1.82, 2.24) is 14.3 Å². The van der Waals surface area contributed by atoms with Crippen molar-refractivity contribution < 1.29 is 14.3 Å². The number of carbonyl (C=O) groups is 2. The third-order valence-corrected chi connectivity index (χ3v) is 4.82. The highest BCUT2D eigenvalue weighted by molar-refractivity contribution is 7.09. The normalized spacial score (nSPS) is 18.7. The van der Waals surface area contributed by atoms with E-state index in [9.17, 15) is 9.59 Å². The van der Waals surface area contributed by atoms with Gasteiger partial charge in [0.25, 0.3) is 0 Å². The number of amides is 1. The Labute approximate surface area is 150 Å². The van der Waals surface area contributed by atoms with Crippen LogP contribution in [0.25, 0.3) is 0 Å². The Hall–Kier alpha value is -1.41. The van der Waals surface area contributed by atoms with Gasteiger partial charge in [-0.25, -0.2) is 9.78 Å². The zero-order valence-corrected chi connectivity index (χ0v) is 15.7. The second-order valence-corrected chi connectivity index (χ2v) is 7.21. The molecule has 7 nitrogen and oxygen atoms in total. The van der Waals surface area contributed by atoms with Gasteiger partial charge in [0, 0.05) is 18.1 Å². The number of methoxy groups -OCH3 is 1. The number of likely N-dealkylation sites (tertiary alicyclic amines) is 1. The van der Waals surface area contributed by atoms with Gasteiger partial charge in [0.15, 0.2) is 5.82 Å². The summed E-state index contributed by atoms with van der Waals surface area (Å²) in [6.07, 6.45) is 2.08. The first-order chi connectivity index (χ1) is 11.5. The molecule has 0 aromatic carbocycles. The van der Waals surface area contributed by atoms with Gasteiger partial charge in [-0.2, -0.15) is 4.37 Å². The summed E-state index contributed by atoms with van der Waals surface area (Å²) in [6, 6.07) is -0.946. The van der Waals surface area contributed by atoms with Crippen LogP contribution < -0.4 is 5.32 Å². The summed E-state index contributed by atoms with van der Waals surface area (Å²) in [7, 11) is 1.35. The lowest BCUT2D eigenvalue weighted by atomic mass is 10.0. The van der Waals surface area contributed by atoms with E-state index in [4.69, 9.17) is 16.3 Å². The molecule has 0 aliphatic carbocycles. The maximum atomic E-state index is 13.0. The second-order valence-electron chi connectivity index (χ2n) is 6.19. The van der Waals surface area contributed by atoms with E-state index in [1.807, 2.05) is 13.8 Å². The first kappa shape index (κ1) is 18.9. The Kier molecular flexibility index (Phi) is 6.79. The summed E-state index contributed by atoms with van der Waals surface area (Å²) in [5.41, 5.74) is 0. The molecule has 0 unspecified atom stereocenters. The van der Waals surface area contributed by atoms with Gasteiger partial charge >= 0.3 is 5.97 Å². The largest absolute Gasteiger partial charge is 0.467 e. The molecule has 0 radical (unpaired) electrons. The molecule has 1 fully saturated rings. The van der Waals surface area contributed by atoms with Crippen LogP contribution in [0.2, 0.25) is 0 Å². The standard InChI is InChI=1S/C15H23ClN4O3S/c1-9(2)7-10(17-15-18-12(8-16)19-24-15)13(21)20-6-4-5-11(20)14(22)23-3/h9-11H,4-8H2,1-3H3,(H,17,18,19)/t10-,11-/m0/s1. The molecule has 1 N–H and O–H groups in total. The SMILES string of the molecule is COC(=O)[C@@H]1CCCN1C(=O)[C@H](CC(C)C)Nc1nc(CCl)ns1. The highest BCUT2D eigenvalue weighted by atomic mass is 35.5. The number of halogens is 1. The van der Waals surface area contributed by atoms with Crippen molar-refractivity contribution in [3.8, 4) is 0 Å². The number of nitrogens with one attached hydrogen (secondary N) is 1. The van der Waals surface area contributed by atoms with E-state index in [-0.39, 0.29) is 17.8 Å². The van der Waals surface area contributed by atoms with Crippen molar-refractivity contribution >= 4 is 40.1 Å². The summed E-state index contributed by atoms with van der Waals surface area (Å²) >= 11 is 6.91. The molecule has 1 aliphatic rings. The van der Waals surface area contributed by atoms with Gasteiger partial charge < -0.3 is 15.0 Å². The zero-order valence-electron chi connectivity index (χ0n) is 14.1. The second kappa shape index (κ2) is 8.62. The van der Waals surface area contributed by atoms with Crippen LogP contribution in [0.5, 0.6) is 0 Å². The minimum absolute atomic E-state index is 0.0979. The molecule has 1 saturated heterocycles. The van der Waals surface area contributed by atoms with Crippen molar-refractivity contribution in [3.63, 3.8) is 0 Å². The third-order valence-electron chi connectivity index (χ3n) is 3.90. The number of hydrogen-bond acceptors (Lipinski definition) is 7. The van der Waals surface area contributed by atoms with Crippen molar-refractivity contribution in [2.24, 2.45) is 5.92 Å². The first-order valence-corrected chi connectivity index (χ1v) is 9.30. The van der Waals surface area contributed by atoms with E-state index >= 15 is 0 Å². The summed E-state index contributed by atoms with van der Waals surface area (Å²) in [5.74, 6) is 0.626. The van der Waals surface area contributed by atoms with Crippen LogP contribution in [-0.4, -0.2) is 51.9 Å². The van der Waals surface area contributed by atoms with Crippen LogP contribution >= 0.6 is 23.1 Å². The molecule has 2 atom stereocenters. The molecule has 1 aliphatic heterocycles. The molecule has 0 spiro atoms. The summed E-state index contributed by atoms with van der Waals surface area (Å²) in [6.45, 7) is 4.67. The van der Waals surface area contributed by atoms with Gasteiger partial charge in [0.05, 0.1) is 13.0 Å². The van der Waals surface area contributed by atoms with Crippen molar-refractivity contribution in [2.75, 3.05) is 19.0 Å². The maximum Gasteiger partial charge on any atom is 0.328 e. The topological polar surface area (TPSA) is 84.4 Å². The van der Waals surface area contributed by atoms with Crippen LogP contribution in [0.1, 0.15) is 38.9 Å². The lowest BCUT2D eigenvalue weighted by molar-refractivity contribution is -0.151. The quantitative estimate of drug-likeness (QED) is 0.582. The fourth-order valence-corrected chi connectivity index (χ4v) is 3.65. The van der Waals surface area contributed by atoms with E-state index < -0.39 is 12.1 Å². The van der Waals surface area contributed by atoms with Crippen LogP contribution in [0, 0.1) is 5.92 Å². The average molecular weight is 375 g/mol. The highest BCUT2D eigenvalue weighted by Crippen LogP contribution is 2.23. The van der Waals surface area contributed by atoms with Gasteiger partial charge in [0.1, 0.15) is 12.1 Å². The molecule has 1 amide bonds. The van der Waals surface area contributed by atoms with Crippen molar-refractivity contribution in [3.05, 3.63) is 5.82 Å². The lowest BCUT2D eigenvalue weighted by Crippen LogP contribution is -2.48. The number of hydrogen-bond donors (Lipinski definition) is 1. The summed E-state index contributed by atoms with van der Waals surface area (Å²) < 4.78 is 8.94. The van der Waals surface area contributed by atoms with E-state index in [0.29, 0.717) is 36.3 Å². The number of carbonyl (C=O) groups excluding carboxylic acids is 2. The molecule has 1 aromatic heterocycles. The van der Waals surface area contributed by atoms with Gasteiger partial charge in [-0.1, -0.05) is 13.8 Å². The molecule has 1 aromatic rings. The zero-order chi connectivity index (χ0) is 17.7. The molecule has 134 valence electrons. The number of anilines is 1. The Balaban J connectivity index is 2.13. The van der Waals surface area contributed by atoms with Gasteiger partial charge in [0.2, 0.25) is 11.0 Å². The smallest absolute Gasteiger partial charge is 0.328 e. The average Bonchev–Trinajstić information content (AvgIpc) is 3.21. The molecule has 9 heteroatoms. The van der Waals surface area contributed by atoms with Crippen molar-refractivity contribution in [1.29, 1.82) is 0 Å². The van der Waals surface area contributed by atoms with Crippen LogP contribution in [0.15, 0.2) is 0 Å². The number of esters is 1. The molecule has 2 heterocycles. The fourth-order valence-electron chi connectivity index (χ4n) is 2.82. The number of nitrogens with zero attached hydrogens (tertiary/aromatic N) is 3. The first-order valence-electron chi connectivity index (χ1n) is 7.99. The Bertz CT molecular complexity index is 581. The number of alkyl halides is 1. The third kappa shape index (κ3) is 4.57. The lowest BCUT2D eigenvalue weighted by Gasteiger charge is -2.28. The predicted molar refractivity (Wildman–Crippen MR) is 93.1 cm³/mol. The minimum Gasteiger partial charge on any atom is -0.467 e. The molecule has 2 rings (SSSR count). The van der Waals surface area contributed by atoms with Crippen LogP contribution in [0.3, 0.4) is 0 Å². The minimum atomic E-state index is -0.494. The van der Waals surface area contributed by atoms with Crippen LogP contribution in [-0.2, 0) is 20.2 Å². The van der Waals surface area contributed by atoms with E-state index in [1.165, 1.54) is 18.6 Å². The molecule has 0 bridgehead atoms. The highest BCUT2D eigenvalue weighted by Gasteiger charge is 2.38. The monoisotopic (exact) mass is 374 g/mol. The van der Waals surface area contributed by atoms with Crippen LogP contribution in [0.4, 0.5) is 5.13 Å². The predicted octanol–water partition coefficient (Wildman–Crippen LogP) is 2.27. The van der Waals surface area contributed by atoms with E-state index in [0.717, 1.165) is 6.42 Å². The summed E-state index contributed by atoms with van der Waals surface area (Å²) in [4.78, 5) is 30.8. The Morgan fingerprint density at radius 3 is 2.83 bits per heavy atom. The number of ether oxygens (including phenoxy) is 1. The Morgan fingerprint density at radius 1 is 1.50 bits per heavy atom. The van der Waals surface area contributed by atoms with Gasteiger partial charge in [-0.15, -0.1) is 11.6 Å². The Morgan fingerprint density at radius 2 is 2.25 bits per heavy atom. The van der Waals surface area contributed by atoms with E-state index in [2.05, 4.69) is 14.7 Å².